The highest BCUT2D eigenvalue weighted by Gasteiger charge is 2.23. The van der Waals surface area contributed by atoms with Crippen molar-refractivity contribution >= 4 is 79.7 Å². The number of para-hydroxylation sites is 2. The van der Waals surface area contributed by atoms with E-state index in [9.17, 15) is 9.59 Å². The fourth-order valence-corrected chi connectivity index (χ4v) is 9.57. The van der Waals surface area contributed by atoms with E-state index in [-0.39, 0.29) is 11.8 Å². The number of nitrogen functional groups attached to an aromatic ring is 2. The molecule has 0 radical (unpaired) electrons. The summed E-state index contributed by atoms with van der Waals surface area (Å²) >= 11 is 0. The molecule has 3 heterocycles. The van der Waals surface area contributed by atoms with Crippen molar-refractivity contribution in [3.63, 3.8) is 0 Å². The smallest absolute Gasteiger partial charge is 0.258 e. The Balaban J connectivity index is 0.645. The van der Waals surface area contributed by atoms with Crippen LogP contribution in [0, 0.1) is 20.8 Å². The van der Waals surface area contributed by atoms with E-state index in [0.29, 0.717) is 41.4 Å². The Morgan fingerprint density at radius 2 is 1.14 bits per heavy atom. The molecule has 0 saturated carbocycles. The molecule has 0 fully saturated rings. The summed E-state index contributed by atoms with van der Waals surface area (Å²) in [5, 5.41) is 16.7. The lowest BCUT2D eigenvalue weighted by Crippen LogP contribution is -2.33. The zero-order valence-corrected chi connectivity index (χ0v) is 45.8. The number of nitrogens with two attached hydrogens (primary N) is 2. The normalized spacial score (nSPS) is 12.8. The van der Waals surface area contributed by atoms with E-state index in [2.05, 4.69) is 55.9 Å². The Morgan fingerprint density at radius 1 is 0.582 bits per heavy atom. The zero-order chi connectivity index (χ0) is 55.3. The highest BCUT2D eigenvalue weighted by atomic mass is 16.2. The molecule has 2 amide bonds. The van der Waals surface area contributed by atoms with Gasteiger partial charge >= 0.3 is 0 Å². The van der Waals surface area contributed by atoms with Gasteiger partial charge in [-0.25, -0.2) is 20.0 Å². The fraction of sp³-hybridized carbons (Fsp3) is 0.246. The topological polar surface area (TPSA) is 201 Å². The molecule has 9 rings (SSSR count). The number of dihydropyridines is 1. The van der Waals surface area contributed by atoms with E-state index in [1.54, 1.807) is 0 Å². The zero-order valence-electron chi connectivity index (χ0n) is 45.8. The van der Waals surface area contributed by atoms with Crippen LogP contribution in [-0.4, -0.2) is 59.5 Å². The number of aryl methyl sites for hydroxylation is 3. The molecule has 14 nitrogen and oxygen atoms in total. The Morgan fingerprint density at radius 3 is 1.76 bits per heavy atom. The number of hydrogen-bond acceptors (Lipinski definition) is 10. The number of amidine groups is 1. The summed E-state index contributed by atoms with van der Waals surface area (Å²) in [7, 11) is 0. The van der Waals surface area contributed by atoms with E-state index in [1.165, 1.54) is 0 Å². The maximum absolute atomic E-state index is 13.0. The number of aromatic nitrogens is 3. The van der Waals surface area contributed by atoms with Gasteiger partial charge in [-0.15, -0.1) is 4.57 Å². The number of allylic oxidation sites excluding steroid dienone is 1. The van der Waals surface area contributed by atoms with E-state index >= 15 is 0 Å². The standard InChI is InChI=1S/C65H70N12O2/c1-42-36-57(58(39-53(42)66)74-51-20-12-10-13-21-51)75-62-44(3)38-55(45(4)72-62)68-32-16-6-8-18-34-70-64(78)49-28-24-47(25-29-49)48-26-30-50(31-27-48)65(79)71-35-19-9-7-17-33-69-56-41-61-63(73-46(56)5)76-59-37-43(2)54(67)40-60(59)77(61)52-22-14-11-15-23-52/h10-15,20-31,36-41,68,74H,3,6-9,16-19,32-35,66H2,1-2,4-5H3,(H4,67,69,70,71,78,79)/p+1. The van der Waals surface area contributed by atoms with Crippen LogP contribution in [0.15, 0.2) is 173 Å². The highest BCUT2D eigenvalue weighted by molar-refractivity contribution is 6.16. The van der Waals surface area contributed by atoms with Gasteiger partial charge in [0.2, 0.25) is 16.9 Å². The molecule has 0 unspecified atom stereocenters. The van der Waals surface area contributed by atoms with Gasteiger partial charge in [0.1, 0.15) is 5.52 Å². The van der Waals surface area contributed by atoms with Gasteiger partial charge in [-0.05, 0) is 136 Å². The number of carbonyl (C=O) groups excluding carboxylic acids is 2. The first-order valence-corrected chi connectivity index (χ1v) is 27.4. The first kappa shape index (κ1) is 54.6. The maximum Gasteiger partial charge on any atom is 0.258 e. The second-order valence-corrected chi connectivity index (χ2v) is 20.2. The molecule has 1 aliphatic rings. The van der Waals surface area contributed by atoms with Crippen LogP contribution in [-0.2, 0) is 0 Å². The van der Waals surface area contributed by atoms with Gasteiger partial charge in [-0.1, -0.05) is 92.9 Å². The SMILES string of the molecule is C=C1C=C(NCCCCCCNC(=O)c2ccc(-c3ccc(C(=O)NCCCCCCNc4cc5c(nc4C)nc4cc(C)c(N)cc4[n+]5-c4ccccc4)cc3)cc2)C(C)=NC1=Nc1cc(C)c(N)cc1Nc1ccccc1. The van der Waals surface area contributed by atoms with Crippen LogP contribution in [0.4, 0.5) is 34.1 Å². The molecular weight excluding hydrogens is 981 g/mol. The molecule has 1 aliphatic heterocycles. The fourth-order valence-electron chi connectivity index (χ4n) is 9.57. The van der Waals surface area contributed by atoms with E-state index in [4.69, 9.17) is 31.4 Å². The molecule has 0 aliphatic carbocycles. The van der Waals surface area contributed by atoms with E-state index < -0.39 is 0 Å². The van der Waals surface area contributed by atoms with Crippen molar-refractivity contribution in [2.75, 3.05) is 48.3 Å². The third-order valence-corrected chi connectivity index (χ3v) is 14.2. The molecule has 14 heteroatoms. The second kappa shape index (κ2) is 25.8. The number of hydrogen-bond donors (Lipinski definition) is 7. The third-order valence-electron chi connectivity index (χ3n) is 14.2. The van der Waals surface area contributed by atoms with Crippen molar-refractivity contribution in [1.29, 1.82) is 0 Å². The average Bonchev–Trinajstić information content (AvgIpc) is 3.46. The van der Waals surface area contributed by atoms with Crippen molar-refractivity contribution in [3.8, 4) is 16.8 Å². The molecule has 9 N–H and O–H groups in total. The van der Waals surface area contributed by atoms with E-state index in [0.717, 1.165) is 160 Å². The molecule has 0 atom stereocenters. The summed E-state index contributed by atoms with van der Waals surface area (Å²) < 4.78 is 2.18. The number of aliphatic imine (C=N–C) groups is 2. The monoisotopic (exact) mass is 1050 g/mol. The van der Waals surface area contributed by atoms with Crippen molar-refractivity contribution in [1.82, 2.24) is 25.9 Å². The number of pyridine rings is 1. The number of benzene rings is 6. The van der Waals surface area contributed by atoms with Gasteiger partial charge in [-0.2, -0.15) is 0 Å². The number of unbranched alkanes of at least 4 members (excludes halogenated alkanes) is 6. The Labute approximate surface area is 463 Å². The molecule has 0 bridgehead atoms. The molecule has 6 aromatic carbocycles. The van der Waals surface area contributed by atoms with E-state index in [1.807, 2.05) is 155 Å². The minimum absolute atomic E-state index is 0.0867. The van der Waals surface area contributed by atoms with Gasteiger partial charge < -0.3 is 38.1 Å². The minimum Gasteiger partial charge on any atom is -0.398 e. The number of nitrogens with zero attached hydrogens (tertiary/aromatic N) is 5. The first-order chi connectivity index (χ1) is 38.4. The average molecular weight is 1050 g/mol. The molecule has 0 spiro atoms. The van der Waals surface area contributed by atoms with Crippen LogP contribution in [0.2, 0.25) is 0 Å². The summed E-state index contributed by atoms with van der Waals surface area (Å²) in [6.07, 6.45) is 9.82. The van der Waals surface area contributed by atoms with Gasteiger partial charge in [0.15, 0.2) is 5.84 Å². The summed E-state index contributed by atoms with van der Waals surface area (Å²) in [5.74, 6) is 0.388. The summed E-state index contributed by atoms with van der Waals surface area (Å²) in [6.45, 7) is 15.0. The summed E-state index contributed by atoms with van der Waals surface area (Å²) in [4.78, 5) is 45.6. The van der Waals surface area contributed by atoms with Crippen LogP contribution in [0.1, 0.15) is 95.8 Å². The molecule has 402 valence electrons. The first-order valence-electron chi connectivity index (χ1n) is 27.4. The number of amides is 2. The number of rotatable bonds is 23. The second-order valence-electron chi connectivity index (χ2n) is 20.2. The number of fused-ring (bicyclic) bond motifs is 2. The number of nitrogens with one attached hydrogen (secondary N) is 5. The summed E-state index contributed by atoms with van der Waals surface area (Å²) in [6, 6.07) is 45.4. The molecule has 79 heavy (non-hydrogen) atoms. The lowest BCUT2D eigenvalue weighted by atomic mass is 10.0. The molecular formula is C65H71N12O2+. The minimum atomic E-state index is -0.0891. The Bertz CT molecular complexity index is 3590. The largest absolute Gasteiger partial charge is 0.398 e. The lowest BCUT2D eigenvalue weighted by Gasteiger charge is -2.18. The Kier molecular flexibility index (Phi) is 17.8. The highest BCUT2D eigenvalue weighted by Crippen LogP contribution is 2.34. The lowest BCUT2D eigenvalue weighted by molar-refractivity contribution is -0.538. The predicted octanol–water partition coefficient (Wildman–Crippen LogP) is 12.5. The van der Waals surface area contributed by atoms with Crippen LogP contribution in [0.5, 0.6) is 0 Å². The van der Waals surface area contributed by atoms with Gasteiger partial charge in [-0.3, -0.25) is 9.59 Å². The van der Waals surface area contributed by atoms with Crippen LogP contribution in [0.25, 0.3) is 39.0 Å². The number of carbonyl (C=O) groups is 2. The molecule has 8 aromatic rings. The summed E-state index contributed by atoms with van der Waals surface area (Å²) in [5.41, 5.74) is 30.4. The number of anilines is 5. The van der Waals surface area contributed by atoms with Gasteiger partial charge in [0.05, 0.1) is 34.2 Å². The molecule has 2 aromatic heterocycles. The predicted molar refractivity (Wildman–Crippen MR) is 325 cm³/mol. The van der Waals surface area contributed by atoms with Crippen molar-refractivity contribution in [2.45, 2.75) is 79.1 Å². The van der Waals surface area contributed by atoms with Crippen LogP contribution < -0.4 is 42.6 Å². The van der Waals surface area contributed by atoms with Crippen molar-refractivity contribution < 1.29 is 14.2 Å². The maximum atomic E-state index is 13.0. The van der Waals surface area contributed by atoms with Gasteiger partial charge in [0, 0.05) is 84.2 Å². The van der Waals surface area contributed by atoms with Crippen molar-refractivity contribution in [3.05, 3.63) is 191 Å². The van der Waals surface area contributed by atoms with Crippen LogP contribution >= 0.6 is 0 Å². The van der Waals surface area contributed by atoms with Crippen molar-refractivity contribution in [2.24, 2.45) is 9.98 Å². The van der Waals surface area contributed by atoms with Gasteiger partial charge in [0.25, 0.3) is 17.3 Å². The molecule has 0 saturated heterocycles. The third kappa shape index (κ3) is 13.9. The van der Waals surface area contributed by atoms with Crippen LogP contribution in [0.3, 0.4) is 0 Å². The Hall–Kier alpha value is -9.17. The quantitative estimate of drug-likeness (QED) is 0.0141.